The third kappa shape index (κ3) is 2.43. The van der Waals surface area contributed by atoms with Crippen molar-refractivity contribution < 1.29 is 4.74 Å². The number of nitrogens with zero attached hydrogens (tertiary/aromatic N) is 2. The van der Waals surface area contributed by atoms with Crippen molar-refractivity contribution in [2.24, 2.45) is 10.8 Å². The smallest absolute Gasteiger partial charge is 0.169 e. The minimum atomic E-state index is 0.639. The van der Waals surface area contributed by atoms with Crippen LogP contribution in [-0.2, 0) is 4.74 Å². The average molecular weight is 129 g/mol. The summed E-state index contributed by atoms with van der Waals surface area (Å²) < 4.78 is 4.93. The minimum absolute atomic E-state index is 0.639. The molecule has 0 aromatic heterocycles. The molecule has 2 N–H and O–H groups in total. The summed E-state index contributed by atoms with van der Waals surface area (Å²) in [6, 6.07) is 0. The predicted molar refractivity (Wildman–Crippen MR) is 35.1 cm³/mol. The molecule has 4 nitrogen and oxygen atoms in total. The summed E-state index contributed by atoms with van der Waals surface area (Å²) in [5.41, 5.74) is 0. The number of rotatable bonds is 0. The van der Waals surface area contributed by atoms with E-state index in [1.807, 2.05) is 0 Å². The van der Waals surface area contributed by atoms with Gasteiger partial charge in [0.25, 0.3) is 0 Å². The molecule has 52 valence electrons. The maximum atomic E-state index is 5.48. The summed E-state index contributed by atoms with van der Waals surface area (Å²) in [4.78, 5) is 3.91. The molecule has 1 rings (SSSR count). The predicted octanol–water partition coefficient (Wildman–Crippen LogP) is -0.779. The van der Waals surface area contributed by atoms with Gasteiger partial charge in [0, 0.05) is 13.1 Å². The van der Waals surface area contributed by atoms with Crippen molar-refractivity contribution in [3.05, 3.63) is 0 Å². The molecule has 1 aliphatic heterocycles. The molecule has 0 spiro atoms. The zero-order valence-electron chi connectivity index (χ0n) is 5.29. The topological polar surface area (TPSA) is 50.8 Å². The van der Waals surface area contributed by atoms with Crippen LogP contribution in [0.2, 0.25) is 0 Å². The highest BCUT2D eigenvalue weighted by Gasteiger charge is 1.98. The van der Waals surface area contributed by atoms with E-state index in [0.717, 1.165) is 19.6 Å². The van der Waals surface area contributed by atoms with Crippen LogP contribution in [0.25, 0.3) is 0 Å². The van der Waals surface area contributed by atoms with Crippen LogP contribution in [0.3, 0.4) is 0 Å². The van der Waals surface area contributed by atoms with Gasteiger partial charge in [0.15, 0.2) is 6.40 Å². The van der Waals surface area contributed by atoms with Gasteiger partial charge in [-0.1, -0.05) is 0 Å². The van der Waals surface area contributed by atoms with E-state index in [1.165, 1.54) is 6.40 Å². The molecular formula is C5H11N3O. The first-order valence-corrected chi connectivity index (χ1v) is 2.99. The standard InChI is InChI=1S/C5H11N3O/c6-8-2-1-7-5-9-4-3-8/h5H,1-4,6H2. The number of hydrazine groups is 1. The van der Waals surface area contributed by atoms with E-state index < -0.39 is 0 Å². The normalized spacial score (nSPS) is 22.3. The molecule has 0 unspecified atom stereocenters. The van der Waals surface area contributed by atoms with Crippen LogP contribution in [0.15, 0.2) is 4.99 Å². The number of nitrogens with two attached hydrogens (primary N) is 1. The van der Waals surface area contributed by atoms with Crippen LogP contribution in [0.1, 0.15) is 0 Å². The van der Waals surface area contributed by atoms with Crippen molar-refractivity contribution >= 4 is 6.40 Å². The summed E-state index contributed by atoms with van der Waals surface area (Å²) >= 11 is 0. The molecular weight excluding hydrogens is 118 g/mol. The second-order valence-corrected chi connectivity index (χ2v) is 1.92. The summed E-state index contributed by atoms with van der Waals surface area (Å²) in [5, 5.41) is 1.70. The van der Waals surface area contributed by atoms with Crippen LogP contribution >= 0.6 is 0 Å². The molecule has 0 aromatic rings. The molecule has 0 atom stereocenters. The van der Waals surface area contributed by atoms with Crippen molar-refractivity contribution in [1.82, 2.24) is 5.01 Å². The van der Waals surface area contributed by atoms with E-state index in [1.54, 1.807) is 5.01 Å². The Morgan fingerprint density at radius 1 is 1.56 bits per heavy atom. The van der Waals surface area contributed by atoms with Crippen LogP contribution in [0, 0.1) is 0 Å². The Labute approximate surface area is 54.3 Å². The van der Waals surface area contributed by atoms with Crippen LogP contribution in [0.5, 0.6) is 0 Å². The van der Waals surface area contributed by atoms with Gasteiger partial charge in [-0.25, -0.2) is 5.01 Å². The molecule has 0 bridgehead atoms. The Hall–Kier alpha value is -0.610. The highest BCUT2D eigenvalue weighted by Crippen LogP contribution is 1.83. The molecule has 9 heavy (non-hydrogen) atoms. The first-order valence-electron chi connectivity index (χ1n) is 2.99. The molecule has 0 amide bonds. The van der Waals surface area contributed by atoms with Crippen molar-refractivity contribution in [2.45, 2.75) is 0 Å². The van der Waals surface area contributed by atoms with Gasteiger partial charge in [0.05, 0.1) is 6.54 Å². The zero-order chi connectivity index (χ0) is 6.53. The third-order valence-electron chi connectivity index (χ3n) is 1.16. The van der Waals surface area contributed by atoms with Crippen LogP contribution in [-0.4, -0.2) is 37.7 Å². The van der Waals surface area contributed by atoms with Crippen molar-refractivity contribution in [3.63, 3.8) is 0 Å². The van der Waals surface area contributed by atoms with Crippen LogP contribution < -0.4 is 5.84 Å². The number of aliphatic imine (C=N–C) groups is 1. The van der Waals surface area contributed by atoms with E-state index in [4.69, 9.17) is 10.6 Å². The number of hydrogen-bond donors (Lipinski definition) is 1. The second kappa shape index (κ2) is 3.42. The monoisotopic (exact) mass is 129 g/mol. The van der Waals surface area contributed by atoms with Crippen molar-refractivity contribution in [1.29, 1.82) is 0 Å². The summed E-state index contributed by atoms with van der Waals surface area (Å²) in [6.45, 7) is 2.97. The quantitative estimate of drug-likeness (QED) is 0.436. The minimum Gasteiger partial charge on any atom is -0.482 e. The van der Waals surface area contributed by atoms with Gasteiger partial charge in [-0.2, -0.15) is 0 Å². The molecule has 1 aliphatic rings. The van der Waals surface area contributed by atoms with Crippen molar-refractivity contribution in [3.8, 4) is 0 Å². The first-order chi connectivity index (χ1) is 4.39. The molecule has 4 heteroatoms. The Morgan fingerprint density at radius 2 is 2.44 bits per heavy atom. The fourth-order valence-electron chi connectivity index (χ4n) is 0.626. The van der Waals surface area contributed by atoms with Gasteiger partial charge < -0.3 is 4.74 Å². The van der Waals surface area contributed by atoms with E-state index >= 15 is 0 Å². The summed E-state index contributed by atoms with van der Waals surface area (Å²) in [5.74, 6) is 5.48. The average Bonchev–Trinajstić information content (AvgIpc) is 1.79. The van der Waals surface area contributed by atoms with Gasteiger partial charge in [-0.05, 0) is 0 Å². The van der Waals surface area contributed by atoms with Crippen LogP contribution in [0.4, 0.5) is 0 Å². The SMILES string of the molecule is NN1CCN=COCC1. The lowest BCUT2D eigenvalue weighted by Gasteiger charge is -2.15. The van der Waals surface area contributed by atoms with E-state index in [0.29, 0.717) is 6.61 Å². The molecule has 0 saturated carbocycles. The number of ether oxygens (including phenoxy) is 1. The molecule has 0 fully saturated rings. The fourth-order valence-corrected chi connectivity index (χ4v) is 0.626. The van der Waals surface area contributed by atoms with Gasteiger partial charge >= 0.3 is 0 Å². The maximum Gasteiger partial charge on any atom is 0.169 e. The lowest BCUT2D eigenvalue weighted by atomic mass is 10.5. The zero-order valence-corrected chi connectivity index (χ0v) is 5.29. The summed E-state index contributed by atoms with van der Waals surface area (Å²) in [6.07, 6.45) is 1.49. The van der Waals surface area contributed by atoms with Crippen molar-refractivity contribution in [2.75, 3.05) is 26.2 Å². The molecule has 0 aromatic carbocycles. The second-order valence-electron chi connectivity index (χ2n) is 1.92. The lowest BCUT2D eigenvalue weighted by Crippen LogP contribution is -2.37. The summed E-state index contributed by atoms with van der Waals surface area (Å²) in [7, 11) is 0. The highest BCUT2D eigenvalue weighted by molar-refractivity contribution is 5.46. The Kier molecular flexibility index (Phi) is 2.48. The lowest BCUT2D eigenvalue weighted by molar-refractivity contribution is 0.205. The van der Waals surface area contributed by atoms with Gasteiger partial charge in [0.2, 0.25) is 0 Å². The Morgan fingerprint density at radius 3 is 3.33 bits per heavy atom. The Bertz CT molecular complexity index is 104. The van der Waals surface area contributed by atoms with E-state index in [2.05, 4.69) is 4.99 Å². The molecule has 0 aliphatic carbocycles. The third-order valence-corrected chi connectivity index (χ3v) is 1.16. The van der Waals surface area contributed by atoms with Gasteiger partial charge in [-0.15, -0.1) is 0 Å². The molecule has 0 saturated heterocycles. The molecule has 0 radical (unpaired) electrons. The van der Waals surface area contributed by atoms with E-state index in [-0.39, 0.29) is 0 Å². The Balaban J connectivity index is 2.27. The molecule has 1 heterocycles. The first kappa shape index (κ1) is 6.51. The number of hydrogen-bond acceptors (Lipinski definition) is 4. The van der Waals surface area contributed by atoms with E-state index in [9.17, 15) is 0 Å². The fraction of sp³-hybridized carbons (Fsp3) is 0.800. The maximum absolute atomic E-state index is 5.48. The van der Waals surface area contributed by atoms with Gasteiger partial charge in [0.1, 0.15) is 6.61 Å². The van der Waals surface area contributed by atoms with Gasteiger partial charge in [-0.3, -0.25) is 10.8 Å². The largest absolute Gasteiger partial charge is 0.482 e. The highest BCUT2D eigenvalue weighted by atomic mass is 16.5.